The van der Waals surface area contributed by atoms with Crippen molar-refractivity contribution < 1.29 is 9.21 Å². The average Bonchev–Trinajstić information content (AvgIpc) is 2.27. The summed E-state index contributed by atoms with van der Waals surface area (Å²) in [5.41, 5.74) is -0.216. The van der Waals surface area contributed by atoms with Crippen molar-refractivity contribution in [2.24, 2.45) is 0 Å². The number of ketones is 1. The fourth-order valence-electron chi connectivity index (χ4n) is 1.39. The maximum atomic E-state index is 11.5. The lowest BCUT2D eigenvalue weighted by atomic mass is 9.96. The Morgan fingerprint density at radius 2 is 2.12 bits per heavy atom. The SMILES string of the molecule is [B]CC(=O)c1cc2ccc(Br)cc2oc1=O. The van der Waals surface area contributed by atoms with Crippen LogP contribution >= 0.6 is 15.9 Å². The molecular formula is C11H6BBrO3. The molecular weight excluding hydrogens is 271 g/mol. The Labute approximate surface area is 101 Å². The Bertz CT molecular complexity index is 618. The predicted molar refractivity (Wildman–Crippen MR) is 65.1 cm³/mol. The number of rotatable bonds is 2. The Balaban J connectivity index is 2.72. The molecule has 0 N–H and O–H groups in total. The first kappa shape index (κ1) is 11.1. The lowest BCUT2D eigenvalue weighted by Gasteiger charge is -2.00. The molecule has 2 radical (unpaired) electrons. The molecule has 0 bridgehead atoms. The lowest BCUT2D eigenvalue weighted by Crippen LogP contribution is -2.13. The molecule has 5 heteroatoms. The zero-order valence-corrected chi connectivity index (χ0v) is 9.78. The number of hydrogen-bond acceptors (Lipinski definition) is 3. The largest absolute Gasteiger partial charge is 0.422 e. The monoisotopic (exact) mass is 276 g/mol. The summed E-state index contributed by atoms with van der Waals surface area (Å²) < 4.78 is 5.84. The quantitative estimate of drug-likeness (QED) is 0.480. The second-order valence-electron chi connectivity index (χ2n) is 3.26. The van der Waals surface area contributed by atoms with Crippen LogP contribution in [0.1, 0.15) is 10.4 Å². The van der Waals surface area contributed by atoms with Crippen LogP contribution in [-0.2, 0) is 0 Å². The van der Waals surface area contributed by atoms with Crippen LogP contribution in [0.5, 0.6) is 0 Å². The van der Waals surface area contributed by atoms with E-state index < -0.39 is 11.4 Å². The highest BCUT2D eigenvalue weighted by Gasteiger charge is 2.11. The minimum atomic E-state index is -0.652. The van der Waals surface area contributed by atoms with Gasteiger partial charge in [0.25, 0.3) is 0 Å². The average molecular weight is 277 g/mol. The topological polar surface area (TPSA) is 47.3 Å². The van der Waals surface area contributed by atoms with Gasteiger partial charge in [-0.25, -0.2) is 4.79 Å². The van der Waals surface area contributed by atoms with Crippen molar-refractivity contribution in [1.82, 2.24) is 0 Å². The summed E-state index contributed by atoms with van der Waals surface area (Å²) >= 11 is 3.27. The number of carbonyl (C=O) groups is 1. The van der Waals surface area contributed by atoms with E-state index >= 15 is 0 Å². The van der Waals surface area contributed by atoms with Crippen LogP contribution in [0.2, 0.25) is 6.32 Å². The first-order chi connectivity index (χ1) is 7.61. The Hall–Kier alpha value is -1.36. The first-order valence-electron chi connectivity index (χ1n) is 4.58. The van der Waals surface area contributed by atoms with Gasteiger partial charge in [-0.1, -0.05) is 22.0 Å². The van der Waals surface area contributed by atoms with Gasteiger partial charge in [0.2, 0.25) is 0 Å². The maximum Gasteiger partial charge on any atom is 0.347 e. The van der Waals surface area contributed by atoms with Crippen molar-refractivity contribution in [3.8, 4) is 0 Å². The van der Waals surface area contributed by atoms with E-state index in [9.17, 15) is 9.59 Å². The van der Waals surface area contributed by atoms with Gasteiger partial charge in [0.05, 0.1) is 7.85 Å². The van der Waals surface area contributed by atoms with Gasteiger partial charge < -0.3 is 4.42 Å². The van der Waals surface area contributed by atoms with Crippen molar-refractivity contribution in [3.63, 3.8) is 0 Å². The van der Waals surface area contributed by atoms with Crippen molar-refractivity contribution in [1.29, 1.82) is 0 Å². The van der Waals surface area contributed by atoms with E-state index in [2.05, 4.69) is 15.9 Å². The van der Waals surface area contributed by atoms with Crippen molar-refractivity contribution in [2.45, 2.75) is 6.32 Å². The van der Waals surface area contributed by atoms with E-state index in [1.807, 2.05) is 0 Å². The molecule has 0 saturated carbocycles. The van der Waals surface area contributed by atoms with Gasteiger partial charge in [-0.15, -0.1) is 0 Å². The van der Waals surface area contributed by atoms with Crippen LogP contribution in [-0.4, -0.2) is 13.6 Å². The molecule has 0 fully saturated rings. The summed E-state index contributed by atoms with van der Waals surface area (Å²) in [5.74, 6) is -0.418. The van der Waals surface area contributed by atoms with E-state index in [4.69, 9.17) is 12.3 Å². The number of hydrogen-bond donors (Lipinski definition) is 0. The molecule has 78 valence electrons. The van der Waals surface area contributed by atoms with Gasteiger partial charge in [-0.05, 0) is 24.5 Å². The molecule has 2 aromatic rings. The summed E-state index contributed by atoms with van der Waals surface area (Å²) in [7, 11) is 5.20. The Morgan fingerprint density at radius 1 is 1.38 bits per heavy atom. The smallest absolute Gasteiger partial charge is 0.347 e. The maximum absolute atomic E-state index is 11.5. The van der Waals surface area contributed by atoms with Crippen molar-refractivity contribution in [2.75, 3.05) is 0 Å². The highest BCUT2D eigenvalue weighted by Crippen LogP contribution is 2.19. The number of carbonyl (C=O) groups excluding carboxylic acids is 1. The van der Waals surface area contributed by atoms with E-state index in [-0.39, 0.29) is 11.9 Å². The third-order valence-electron chi connectivity index (χ3n) is 2.18. The molecule has 1 aromatic heterocycles. The Kier molecular flexibility index (Phi) is 2.96. The molecule has 0 spiro atoms. The molecule has 0 aliphatic heterocycles. The third kappa shape index (κ3) is 1.95. The second kappa shape index (κ2) is 4.25. The van der Waals surface area contributed by atoms with Gasteiger partial charge in [0.1, 0.15) is 11.1 Å². The summed E-state index contributed by atoms with van der Waals surface area (Å²) in [6.07, 6.45) is -0.202. The summed E-state index contributed by atoms with van der Waals surface area (Å²) in [5, 5.41) is 0.694. The summed E-state index contributed by atoms with van der Waals surface area (Å²) in [6, 6.07) is 6.74. The van der Waals surface area contributed by atoms with Crippen LogP contribution < -0.4 is 5.63 Å². The molecule has 0 aliphatic rings. The molecule has 0 unspecified atom stereocenters. The van der Waals surface area contributed by atoms with Crippen LogP contribution in [0.15, 0.2) is 37.9 Å². The van der Waals surface area contributed by atoms with E-state index in [1.54, 1.807) is 18.2 Å². The Morgan fingerprint density at radius 3 is 2.81 bits per heavy atom. The van der Waals surface area contributed by atoms with Gasteiger partial charge in [0.15, 0.2) is 5.78 Å². The van der Waals surface area contributed by atoms with Crippen LogP contribution in [0.3, 0.4) is 0 Å². The fourth-order valence-corrected chi connectivity index (χ4v) is 1.73. The van der Waals surface area contributed by atoms with E-state index in [1.165, 1.54) is 6.07 Å². The number of halogens is 1. The molecule has 1 aromatic carbocycles. The van der Waals surface area contributed by atoms with Crippen LogP contribution in [0.4, 0.5) is 0 Å². The van der Waals surface area contributed by atoms with Crippen LogP contribution in [0.25, 0.3) is 11.0 Å². The van der Waals surface area contributed by atoms with Gasteiger partial charge in [-0.2, -0.15) is 0 Å². The van der Waals surface area contributed by atoms with Gasteiger partial charge in [-0.3, -0.25) is 4.79 Å². The fraction of sp³-hybridized carbons (Fsp3) is 0.0909. The van der Waals surface area contributed by atoms with Crippen molar-refractivity contribution >= 4 is 40.5 Å². The van der Waals surface area contributed by atoms with Gasteiger partial charge >= 0.3 is 5.63 Å². The standard InChI is InChI=1S/C11H6BBrO3/c12-5-9(14)8-3-6-1-2-7(13)4-10(6)16-11(8)15/h1-4H,5H2. The molecule has 0 atom stereocenters. The zero-order valence-electron chi connectivity index (χ0n) is 8.20. The summed E-state index contributed by atoms with van der Waals surface area (Å²) in [6.45, 7) is 0. The zero-order chi connectivity index (χ0) is 11.7. The molecule has 0 aliphatic carbocycles. The first-order valence-corrected chi connectivity index (χ1v) is 5.38. The lowest BCUT2D eigenvalue weighted by molar-refractivity contribution is 0.101. The molecule has 0 saturated heterocycles. The molecule has 16 heavy (non-hydrogen) atoms. The van der Waals surface area contributed by atoms with Crippen molar-refractivity contribution in [3.05, 3.63) is 44.7 Å². The number of benzene rings is 1. The molecule has 2 rings (SSSR count). The number of fused-ring (bicyclic) bond motifs is 1. The van der Waals surface area contributed by atoms with E-state index in [0.717, 1.165) is 4.47 Å². The predicted octanol–water partition coefficient (Wildman–Crippen LogP) is 2.33. The second-order valence-corrected chi connectivity index (χ2v) is 4.17. The number of Topliss-reactive ketones (excluding diaryl/α,β-unsaturated/α-hetero) is 1. The molecule has 3 nitrogen and oxygen atoms in total. The molecule has 1 heterocycles. The molecule has 0 amide bonds. The summed E-state index contributed by atoms with van der Waals surface area (Å²) in [4.78, 5) is 22.8. The normalized spacial score (nSPS) is 10.6. The highest BCUT2D eigenvalue weighted by molar-refractivity contribution is 9.10. The van der Waals surface area contributed by atoms with E-state index in [0.29, 0.717) is 11.0 Å². The van der Waals surface area contributed by atoms with Crippen LogP contribution in [0, 0.1) is 0 Å². The third-order valence-corrected chi connectivity index (χ3v) is 2.68. The minimum absolute atomic E-state index is 0.00248. The highest BCUT2D eigenvalue weighted by atomic mass is 79.9. The minimum Gasteiger partial charge on any atom is -0.422 e. The van der Waals surface area contributed by atoms with Gasteiger partial charge in [0, 0.05) is 9.86 Å².